The van der Waals surface area contributed by atoms with Gasteiger partial charge in [0.2, 0.25) is 0 Å². The number of hydrogen-bond donors (Lipinski definition) is 1. The molecular weight excluding hydrogens is 526 g/mol. The highest BCUT2D eigenvalue weighted by atomic mass is 16.5. The largest absolute Gasteiger partial charge is 0.465 e. The minimum Gasteiger partial charge on any atom is -0.465 e. The van der Waals surface area contributed by atoms with Gasteiger partial charge in [-0.1, -0.05) is 0 Å². The summed E-state index contributed by atoms with van der Waals surface area (Å²) in [6.07, 6.45) is 2.44. The Morgan fingerprint density at radius 1 is 0.927 bits per heavy atom. The molecule has 1 N–H and O–H groups in total. The van der Waals surface area contributed by atoms with Crippen LogP contribution in [0.5, 0.6) is 0 Å². The van der Waals surface area contributed by atoms with Crippen molar-refractivity contribution < 1.29 is 19.4 Å². The van der Waals surface area contributed by atoms with Gasteiger partial charge in [0, 0.05) is 70.7 Å². The Balaban J connectivity index is 1.27. The van der Waals surface area contributed by atoms with Gasteiger partial charge < -0.3 is 29.4 Å². The number of amides is 3. The topological polar surface area (TPSA) is 123 Å². The first-order valence-corrected chi connectivity index (χ1v) is 14.3. The van der Waals surface area contributed by atoms with Crippen LogP contribution < -0.4 is 9.80 Å². The van der Waals surface area contributed by atoms with Crippen LogP contribution in [-0.4, -0.2) is 131 Å². The average molecular weight is 564 g/mol. The summed E-state index contributed by atoms with van der Waals surface area (Å²) in [4.78, 5) is 44.0. The van der Waals surface area contributed by atoms with Gasteiger partial charge in [0.1, 0.15) is 5.82 Å². The Bertz CT molecular complexity index is 1390. The summed E-state index contributed by atoms with van der Waals surface area (Å²) < 4.78 is 7.59. The van der Waals surface area contributed by atoms with Gasteiger partial charge in [-0.15, -0.1) is 0 Å². The van der Waals surface area contributed by atoms with Crippen LogP contribution in [0.25, 0.3) is 22.4 Å². The number of carbonyl (C=O) groups excluding carboxylic acids is 1. The molecule has 13 heteroatoms. The standard InChI is InChI=1S/C28H37N9O4/c1-32-11-13-36(14-12-32)27(38)35-9-7-22(8-10-35)37-26-23(19-29-37)25(34-15-17-41-18-16-34)30-24(31-26)20-3-5-21(6-4-20)33(2)28(39)40/h3-6,19,22H,7-18H2,1-2H3,(H,39,40). The number of fused-ring (bicyclic) bond motifs is 1. The van der Waals surface area contributed by atoms with Gasteiger partial charge in [0.15, 0.2) is 11.5 Å². The Labute approximate surface area is 238 Å². The van der Waals surface area contributed by atoms with Gasteiger partial charge in [0.05, 0.1) is 30.8 Å². The van der Waals surface area contributed by atoms with Crippen molar-refractivity contribution in [2.24, 2.45) is 0 Å². The van der Waals surface area contributed by atoms with Gasteiger partial charge in [-0.05, 0) is 44.2 Å². The maximum absolute atomic E-state index is 13.1. The van der Waals surface area contributed by atoms with E-state index in [4.69, 9.17) is 19.8 Å². The Hall–Kier alpha value is -3.97. The fourth-order valence-electron chi connectivity index (χ4n) is 5.77. The number of likely N-dealkylation sites (tertiary alicyclic amines) is 1. The van der Waals surface area contributed by atoms with Gasteiger partial charge in [0.25, 0.3) is 0 Å². The second-order valence-electron chi connectivity index (χ2n) is 11.0. The third-order valence-corrected chi connectivity index (χ3v) is 8.40. The molecule has 1 aromatic carbocycles. The molecule has 3 aliphatic heterocycles. The van der Waals surface area contributed by atoms with E-state index in [0.29, 0.717) is 37.8 Å². The quantitative estimate of drug-likeness (QED) is 0.510. The molecule has 3 aliphatic rings. The molecule has 3 saturated heterocycles. The molecule has 218 valence electrons. The Morgan fingerprint density at radius 2 is 1.59 bits per heavy atom. The summed E-state index contributed by atoms with van der Waals surface area (Å²) in [6, 6.07) is 7.48. The molecule has 0 aliphatic carbocycles. The summed E-state index contributed by atoms with van der Waals surface area (Å²) in [5, 5.41) is 15.0. The van der Waals surface area contributed by atoms with E-state index in [-0.39, 0.29) is 12.1 Å². The van der Waals surface area contributed by atoms with Gasteiger partial charge >= 0.3 is 12.1 Å². The van der Waals surface area contributed by atoms with E-state index in [1.165, 1.54) is 11.9 Å². The number of benzene rings is 1. The predicted molar refractivity (Wildman–Crippen MR) is 155 cm³/mol. The molecule has 41 heavy (non-hydrogen) atoms. The minimum absolute atomic E-state index is 0.121. The fraction of sp³-hybridized carbons (Fsp3) is 0.536. The third-order valence-electron chi connectivity index (χ3n) is 8.40. The smallest absolute Gasteiger partial charge is 0.411 e. The SMILES string of the molecule is CN1CCN(C(=O)N2CCC(n3ncc4c(N5CCOCC5)nc(-c5ccc(N(C)C(=O)O)cc5)nc43)CC2)CC1. The molecule has 0 radical (unpaired) electrons. The van der Waals surface area contributed by atoms with Crippen molar-refractivity contribution in [1.29, 1.82) is 0 Å². The van der Waals surface area contributed by atoms with E-state index in [9.17, 15) is 14.7 Å². The lowest BCUT2D eigenvalue weighted by Crippen LogP contribution is -2.53. The average Bonchev–Trinajstić information content (AvgIpc) is 3.45. The number of ether oxygens (including phenoxy) is 1. The molecule has 6 rings (SSSR count). The highest BCUT2D eigenvalue weighted by molar-refractivity contribution is 5.89. The number of urea groups is 1. The zero-order valence-electron chi connectivity index (χ0n) is 23.6. The molecule has 13 nitrogen and oxygen atoms in total. The molecule has 0 unspecified atom stereocenters. The zero-order chi connectivity index (χ0) is 28.5. The summed E-state index contributed by atoms with van der Waals surface area (Å²) in [7, 11) is 3.60. The number of rotatable bonds is 4. The molecule has 2 aromatic heterocycles. The Kier molecular flexibility index (Phi) is 7.63. The van der Waals surface area contributed by atoms with Crippen LogP contribution >= 0.6 is 0 Å². The van der Waals surface area contributed by atoms with Crippen LogP contribution in [0.15, 0.2) is 30.5 Å². The van der Waals surface area contributed by atoms with Gasteiger partial charge in [-0.2, -0.15) is 5.10 Å². The normalized spacial score (nSPS) is 19.1. The first-order chi connectivity index (χ1) is 19.9. The molecular formula is C28H37N9O4. The van der Waals surface area contributed by atoms with E-state index in [0.717, 1.165) is 74.5 Å². The zero-order valence-corrected chi connectivity index (χ0v) is 23.6. The van der Waals surface area contributed by atoms with Crippen molar-refractivity contribution in [1.82, 2.24) is 34.4 Å². The summed E-state index contributed by atoms with van der Waals surface area (Å²) in [5.74, 6) is 1.39. The number of likely N-dealkylation sites (N-methyl/N-ethyl adjacent to an activating group) is 1. The number of morpholine rings is 1. The minimum atomic E-state index is -1.02. The molecule has 0 saturated carbocycles. The Morgan fingerprint density at radius 3 is 2.24 bits per heavy atom. The van der Waals surface area contributed by atoms with Gasteiger partial charge in [-0.3, -0.25) is 4.90 Å². The number of piperidine rings is 1. The second-order valence-corrected chi connectivity index (χ2v) is 11.0. The lowest BCUT2D eigenvalue weighted by atomic mass is 10.1. The third kappa shape index (κ3) is 5.51. The van der Waals surface area contributed by atoms with Crippen molar-refractivity contribution in [2.75, 3.05) is 89.5 Å². The van der Waals surface area contributed by atoms with E-state index in [1.54, 1.807) is 12.1 Å². The van der Waals surface area contributed by atoms with Crippen LogP contribution in [0.2, 0.25) is 0 Å². The lowest BCUT2D eigenvalue weighted by molar-refractivity contribution is 0.108. The number of anilines is 2. The van der Waals surface area contributed by atoms with E-state index < -0.39 is 6.09 Å². The molecule has 0 spiro atoms. The highest BCUT2D eigenvalue weighted by Gasteiger charge is 2.30. The fourth-order valence-corrected chi connectivity index (χ4v) is 5.77. The molecule has 5 heterocycles. The monoisotopic (exact) mass is 563 g/mol. The first-order valence-electron chi connectivity index (χ1n) is 14.3. The van der Waals surface area contributed by atoms with Crippen LogP contribution in [0.4, 0.5) is 21.1 Å². The molecule has 0 bridgehead atoms. The number of aromatic nitrogens is 4. The van der Waals surface area contributed by atoms with Crippen LogP contribution in [0.3, 0.4) is 0 Å². The molecule has 3 amide bonds. The van der Waals surface area contributed by atoms with E-state index in [1.807, 2.05) is 32.8 Å². The maximum Gasteiger partial charge on any atom is 0.411 e. The van der Waals surface area contributed by atoms with Crippen molar-refractivity contribution in [3.8, 4) is 11.4 Å². The number of carbonyl (C=O) groups is 2. The summed E-state index contributed by atoms with van der Waals surface area (Å²) in [6.45, 7) is 7.46. The first kappa shape index (κ1) is 27.2. The maximum atomic E-state index is 13.1. The van der Waals surface area contributed by atoms with E-state index >= 15 is 0 Å². The van der Waals surface area contributed by atoms with Crippen molar-refractivity contribution >= 4 is 34.7 Å². The summed E-state index contributed by atoms with van der Waals surface area (Å²) >= 11 is 0. The van der Waals surface area contributed by atoms with Crippen LogP contribution in [-0.2, 0) is 4.74 Å². The highest BCUT2D eigenvalue weighted by Crippen LogP contribution is 2.32. The van der Waals surface area contributed by atoms with Crippen LogP contribution in [0, 0.1) is 0 Å². The number of piperazine rings is 1. The number of carboxylic acid groups (broad SMARTS) is 1. The molecule has 3 aromatic rings. The van der Waals surface area contributed by atoms with Gasteiger partial charge in [-0.25, -0.2) is 24.2 Å². The van der Waals surface area contributed by atoms with E-state index in [2.05, 4.69) is 16.8 Å². The molecule has 0 atom stereocenters. The number of nitrogens with zero attached hydrogens (tertiary/aromatic N) is 9. The van der Waals surface area contributed by atoms with Crippen molar-refractivity contribution in [3.05, 3.63) is 30.5 Å². The lowest BCUT2D eigenvalue weighted by Gasteiger charge is -2.39. The second kappa shape index (κ2) is 11.5. The predicted octanol–water partition coefficient (Wildman–Crippen LogP) is 2.45. The van der Waals surface area contributed by atoms with Crippen molar-refractivity contribution in [2.45, 2.75) is 18.9 Å². The summed E-state index contributed by atoms with van der Waals surface area (Å²) in [5.41, 5.74) is 2.13. The molecule has 3 fully saturated rings. The number of hydrogen-bond acceptors (Lipinski definition) is 8. The van der Waals surface area contributed by atoms with Crippen molar-refractivity contribution in [3.63, 3.8) is 0 Å². The van der Waals surface area contributed by atoms with Crippen LogP contribution in [0.1, 0.15) is 18.9 Å².